The monoisotopic (exact) mass is 315 g/mol. The van der Waals surface area contributed by atoms with Gasteiger partial charge in [-0.1, -0.05) is 12.1 Å². The molecule has 1 unspecified atom stereocenters. The first-order chi connectivity index (χ1) is 10.8. The fourth-order valence-corrected chi connectivity index (χ4v) is 2.64. The van der Waals surface area contributed by atoms with Crippen molar-refractivity contribution in [1.29, 1.82) is 5.26 Å². The molecule has 0 saturated carbocycles. The summed E-state index contributed by atoms with van der Waals surface area (Å²) in [5.41, 5.74) is 6.72. The normalized spacial score (nSPS) is 22.5. The predicted octanol–water partition coefficient (Wildman–Crippen LogP) is 1.73. The van der Waals surface area contributed by atoms with Crippen molar-refractivity contribution in [3.05, 3.63) is 58.5 Å². The highest BCUT2D eigenvalue weighted by atomic mass is 19.1. The van der Waals surface area contributed by atoms with Crippen molar-refractivity contribution in [2.24, 2.45) is 5.73 Å². The highest BCUT2D eigenvalue weighted by molar-refractivity contribution is 5.93. The van der Waals surface area contributed by atoms with Gasteiger partial charge in [-0.3, -0.25) is 0 Å². The smallest absolute Gasteiger partial charge is 0.343 e. The lowest BCUT2D eigenvalue weighted by Crippen LogP contribution is -2.45. The molecular weight excluding hydrogens is 301 g/mol. The van der Waals surface area contributed by atoms with E-state index in [-0.39, 0.29) is 22.9 Å². The number of nitrogens with two attached hydrogens (primary N) is 1. The van der Waals surface area contributed by atoms with Crippen LogP contribution in [-0.2, 0) is 14.3 Å². The average Bonchev–Trinajstić information content (AvgIpc) is 2.45. The first-order valence-corrected chi connectivity index (χ1v) is 6.91. The topological polar surface area (TPSA) is 97.4 Å². The van der Waals surface area contributed by atoms with Gasteiger partial charge >= 0.3 is 5.97 Å². The Kier molecular flexibility index (Phi) is 3.25. The third kappa shape index (κ3) is 2.48. The SMILES string of the molecule is CC1(C)OC(=O)C2=C(NC(N)=C(C#N)C2c2ccc(F)cc2)O1. The van der Waals surface area contributed by atoms with Gasteiger partial charge in [0.1, 0.15) is 17.2 Å². The van der Waals surface area contributed by atoms with Gasteiger partial charge in [-0.25, -0.2) is 9.18 Å². The van der Waals surface area contributed by atoms with Crippen molar-refractivity contribution in [2.45, 2.75) is 25.6 Å². The molecule has 3 N–H and O–H groups in total. The summed E-state index contributed by atoms with van der Waals surface area (Å²) >= 11 is 0. The van der Waals surface area contributed by atoms with E-state index in [0.29, 0.717) is 5.56 Å². The maximum atomic E-state index is 13.2. The second-order valence-corrected chi connectivity index (χ2v) is 5.68. The van der Waals surface area contributed by atoms with Crippen LogP contribution in [0.5, 0.6) is 0 Å². The summed E-state index contributed by atoms with van der Waals surface area (Å²) in [6, 6.07) is 7.48. The number of allylic oxidation sites excluding steroid dienone is 1. The summed E-state index contributed by atoms with van der Waals surface area (Å²) in [7, 11) is 0. The van der Waals surface area contributed by atoms with E-state index in [4.69, 9.17) is 15.2 Å². The van der Waals surface area contributed by atoms with E-state index in [1.54, 1.807) is 13.8 Å². The Balaban J connectivity index is 2.17. The Morgan fingerprint density at radius 3 is 2.57 bits per heavy atom. The Hall–Kier alpha value is -3.01. The van der Waals surface area contributed by atoms with Gasteiger partial charge in [0, 0.05) is 13.8 Å². The van der Waals surface area contributed by atoms with Gasteiger partial charge < -0.3 is 20.5 Å². The number of cyclic esters (lactones) is 1. The number of halogens is 1. The van der Waals surface area contributed by atoms with Crippen LogP contribution < -0.4 is 11.1 Å². The number of carbonyl (C=O) groups is 1. The summed E-state index contributed by atoms with van der Waals surface area (Å²) in [5.74, 6) is -2.72. The molecule has 1 aromatic rings. The molecule has 0 saturated heterocycles. The second kappa shape index (κ2) is 5.02. The van der Waals surface area contributed by atoms with E-state index in [9.17, 15) is 14.4 Å². The van der Waals surface area contributed by atoms with Crippen LogP contribution in [0.3, 0.4) is 0 Å². The number of hydrogen-bond donors (Lipinski definition) is 2. The predicted molar refractivity (Wildman–Crippen MR) is 77.4 cm³/mol. The fraction of sp³-hybridized carbons (Fsp3) is 0.250. The third-order valence-corrected chi connectivity index (χ3v) is 3.59. The summed E-state index contributed by atoms with van der Waals surface area (Å²) in [4.78, 5) is 12.4. The quantitative estimate of drug-likeness (QED) is 0.766. The van der Waals surface area contributed by atoms with E-state index in [0.717, 1.165) is 0 Å². The number of benzene rings is 1. The molecule has 0 radical (unpaired) electrons. The number of hydrogen-bond acceptors (Lipinski definition) is 6. The summed E-state index contributed by atoms with van der Waals surface area (Å²) < 4.78 is 24.0. The zero-order valence-electron chi connectivity index (χ0n) is 12.5. The van der Waals surface area contributed by atoms with Crippen molar-refractivity contribution in [1.82, 2.24) is 5.32 Å². The third-order valence-electron chi connectivity index (χ3n) is 3.59. The van der Waals surface area contributed by atoms with Crippen molar-refractivity contribution >= 4 is 5.97 Å². The number of ether oxygens (including phenoxy) is 2. The molecule has 3 rings (SSSR count). The number of esters is 1. The molecule has 118 valence electrons. The Labute approximate surface area is 132 Å². The van der Waals surface area contributed by atoms with E-state index in [2.05, 4.69) is 5.32 Å². The second-order valence-electron chi connectivity index (χ2n) is 5.68. The number of nitriles is 1. The Morgan fingerprint density at radius 1 is 1.30 bits per heavy atom. The van der Waals surface area contributed by atoms with Crippen LogP contribution in [0.15, 0.2) is 47.1 Å². The van der Waals surface area contributed by atoms with Crippen LogP contribution in [0.2, 0.25) is 0 Å². The number of dihydropyridines is 1. The maximum Gasteiger partial charge on any atom is 0.343 e. The maximum absolute atomic E-state index is 13.2. The van der Waals surface area contributed by atoms with Crippen molar-refractivity contribution in [2.75, 3.05) is 0 Å². The van der Waals surface area contributed by atoms with Crippen LogP contribution in [0, 0.1) is 17.1 Å². The molecule has 0 fully saturated rings. The fourth-order valence-electron chi connectivity index (χ4n) is 2.64. The molecule has 7 heteroatoms. The lowest BCUT2D eigenvalue weighted by Gasteiger charge is -2.38. The molecule has 0 bridgehead atoms. The molecule has 0 aromatic heterocycles. The summed E-state index contributed by atoms with van der Waals surface area (Å²) in [6.07, 6.45) is 0. The van der Waals surface area contributed by atoms with E-state index in [1.807, 2.05) is 6.07 Å². The molecule has 0 amide bonds. The van der Waals surface area contributed by atoms with Crippen LogP contribution in [-0.4, -0.2) is 11.8 Å². The number of carbonyl (C=O) groups excluding carboxylic acids is 1. The van der Waals surface area contributed by atoms with Gasteiger partial charge in [-0.15, -0.1) is 0 Å². The summed E-state index contributed by atoms with van der Waals surface area (Å²) in [6.45, 7) is 3.17. The Bertz CT molecular complexity index is 788. The molecule has 2 aliphatic rings. The van der Waals surface area contributed by atoms with Gasteiger partial charge in [0.25, 0.3) is 5.79 Å². The minimum Gasteiger partial charge on any atom is -0.437 e. The van der Waals surface area contributed by atoms with E-state index >= 15 is 0 Å². The first kappa shape index (κ1) is 14.9. The number of nitrogens with zero attached hydrogens (tertiary/aromatic N) is 1. The molecule has 2 aliphatic heterocycles. The lowest BCUT2D eigenvalue weighted by molar-refractivity contribution is -0.210. The standard InChI is InChI=1S/C16H14FN3O3/c1-16(2)22-14-12(15(21)23-16)11(10(7-18)13(19)20-14)8-3-5-9(17)6-4-8/h3-6,11,20H,19H2,1-2H3. The molecule has 0 spiro atoms. The molecule has 2 heterocycles. The average molecular weight is 315 g/mol. The summed E-state index contributed by atoms with van der Waals surface area (Å²) in [5, 5.41) is 12.1. The van der Waals surface area contributed by atoms with Gasteiger partial charge in [-0.2, -0.15) is 5.26 Å². The van der Waals surface area contributed by atoms with Gasteiger partial charge in [0.15, 0.2) is 0 Å². The van der Waals surface area contributed by atoms with Crippen molar-refractivity contribution in [3.63, 3.8) is 0 Å². The Morgan fingerprint density at radius 2 is 1.96 bits per heavy atom. The first-order valence-electron chi connectivity index (χ1n) is 6.91. The number of rotatable bonds is 1. The molecule has 0 aliphatic carbocycles. The minimum absolute atomic E-state index is 0.0890. The number of nitrogens with one attached hydrogen (secondary N) is 1. The molecule has 6 nitrogen and oxygen atoms in total. The van der Waals surface area contributed by atoms with Crippen LogP contribution >= 0.6 is 0 Å². The molecule has 23 heavy (non-hydrogen) atoms. The van der Waals surface area contributed by atoms with Gasteiger partial charge in [-0.05, 0) is 17.7 Å². The molecule has 1 aromatic carbocycles. The molecular formula is C16H14FN3O3. The van der Waals surface area contributed by atoms with Crippen LogP contribution in [0.4, 0.5) is 4.39 Å². The highest BCUT2D eigenvalue weighted by Crippen LogP contribution is 2.41. The highest BCUT2D eigenvalue weighted by Gasteiger charge is 2.44. The van der Waals surface area contributed by atoms with Gasteiger partial charge in [0.05, 0.1) is 17.6 Å². The van der Waals surface area contributed by atoms with Crippen molar-refractivity contribution in [3.8, 4) is 6.07 Å². The van der Waals surface area contributed by atoms with E-state index in [1.165, 1.54) is 24.3 Å². The zero-order chi connectivity index (χ0) is 16.8. The van der Waals surface area contributed by atoms with Gasteiger partial charge in [0.2, 0.25) is 5.88 Å². The lowest BCUT2D eigenvalue weighted by atomic mass is 9.83. The van der Waals surface area contributed by atoms with Crippen molar-refractivity contribution < 1.29 is 18.7 Å². The van der Waals surface area contributed by atoms with E-state index < -0.39 is 23.5 Å². The largest absolute Gasteiger partial charge is 0.437 e. The molecule has 1 atom stereocenters. The minimum atomic E-state index is -1.15. The van der Waals surface area contributed by atoms with Crippen LogP contribution in [0.1, 0.15) is 25.3 Å². The zero-order valence-corrected chi connectivity index (χ0v) is 12.5. The van der Waals surface area contributed by atoms with Crippen LogP contribution in [0.25, 0.3) is 0 Å².